The first-order valence-corrected chi connectivity index (χ1v) is 9.70. The number of amides is 1. The zero-order valence-corrected chi connectivity index (χ0v) is 17.2. The van der Waals surface area contributed by atoms with Crippen LogP contribution < -0.4 is 16.0 Å². The van der Waals surface area contributed by atoms with Gasteiger partial charge in [0.1, 0.15) is 5.82 Å². The summed E-state index contributed by atoms with van der Waals surface area (Å²) in [6.45, 7) is 2.00. The molecule has 0 saturated carbocycles. The summed E-state index contributed by atoms with van der Waals surface area (Å²) in [4.78, 5) is 12.2. The molecule has 0 aliphatic carbocycles. The smallest absolute Gasteiger partial charge is 0.258 e. The SMILES string of the molecule is CC(NC(=S)Nc1ccc(NC(=O)c2ccccc2F)cc1)c1ccc(Cl)cc1. The van der Waals surface area contributed by atoms with E-state index in [1.807, 2.05) is 31.2 Å². The third-order valence-electron chi connectivity index (χ3n) is 4.24. The fourth-order valence-corrected chi connectivity index (χ4v) is 3.10. The number of benzene rings is 3. The molecule has 0 spiro atoms. The molecule has 0 heterocycles. The van der Waals surface area contributed by atoms with Crippen LogP contribution in [0.1, 0.15) is 28.9 Å². The zero-order chi connectivity index (χ0) is 20.8. The second kappa shape index (κ2) is 9.49. The molecule has 3 aromatic carbocycles. The van der Waals surface area contributed by atoms with Crippen LogP contribution in [0.2, 0.25) is 5.02 Å². The molecule has 0 radical (unpaired) electrons. The van der Waals surface area contributed by atoms with Crippen LogP contribution in [-0.4, -0.2) is 11.0 Å². The van der Waals surface area contributed by atoms with Crippen molar-refractivity contribution in [2.75, 3.05) is 10.6 Å². The van der Waals surface area contributed by atoms with Gasteiger partial charge in [-0.05, 0) is 73.2 Å². The average Bonchev–Trinajstić information content (AvgIpc) is 2.70. The number of thiocarbonyl (C=S) groups is 1. The highest BCUT2D eigenvalue weighted by molar-refractivity contribution is 7.80. The zero-order valence-electron chi connectivity index (χ0n) is 15.6. The third-order valence-corrected chi connectivity index (χ3v) is 4.71. The molecule has 0 bridgehead atoms. The van der Waals surface area contributed by atoms with E-state index in [9.17, 15) is 9.18 Å². The fraction of sp³-hybridized carbons (Fsp3) is 0.0909. The van der Waals surface area contributed by atoms with E-state index >= 15 is 0 Å². The summed E-state index contributed by atoms with van der Waals surface area (Å²) in [5.41, 5.74) is 2.37. The van der Waals surface area contributed by atoms with Crippen molar-refractivity contribution in [3.63, 3.8) is 0 Å². The molecule has 0 aromatic heterocycles. The topological polar surface area (TPSA) is 53.2 Å². The van der Waals surface area contributed by atoms with Gasteiger partial charge < -0.3 is 16.0 Å². The Morgan fingerprint density at radius 2 is 1.52 bits per heavy atom. The molecule has 1 amide bonds. The van der Waals surface area contributed by atoms with Crippen molar-refractivity contribution in [1.29, 1.82) is 0 Å². The number of rotatable bonds is 5. The number of halogens is 2. The average molecular weight is 428 g/mol. The van der Waals surface area contributed by atoms with E-state index in [2.05, 4.69) is 16.0 Å². The molecule has 7 heteroatoms. The first-order chi connectivity index (χ1) is 13.9. The highest BCUT2D eigenvalue weighted by Crippen LogP contribution is 2.18. The van der Waals surface area contributed by atoms with Crippen molar-refractivity contribution in [3.8, 4) is 0 Å². The van der Waals surface area contributed by atoms with Gasteiger partial charge in [0.15, 0.2) is 5.11 Å². The molecule has 0 aliphatic rings. The Morgan fingerprint density at radius 1 is 0.931 bits per heavy atom. The van der Waals surface area contributed by atoms with Gasteiger partial charge in [-0.15, -0.1) is 0 Å². The molecule has 3 rings (SSSR count). The minimum Gasteiger partial charge on any atom is -0.356 e. The van der Waals surface area contributed by atoms with E-state index in [1.54, 1.807) is 30.3 Å². The van der Waals surface area contributed by atoms with Crippen LogP contribution >= 0.6 is 23.8 Å². The maximum Gasteiger partial charge on any atom is 0.258 e. The Bertz CT molecular complexity index is 1010. The van der Waals surface area contributed by atoms with Crippen LogP contribution in [0.15, 0.2) is 72.8 Å². The maximum absolute atomic E-state index is 13.7. The van der Waals surface area contributed by atoms with Crippen LogP contribution in [0.4, 0.5) is 15.8 Å². The van der Waals surface area contributed by atoms with Crippen molar-refractivity contribution >= 4 is 46.2 Å². The van der Waals surface area contributed by atoms with Crippen LogP contribution in [-0.2, 0) is 0 Å². The third kappa shape index (κ3) is 5.76. The first kappa shape index (κ1) is 20.8. The Labute approximate surface area is 179 Å². The number of hydrogen-bond donors (Lipinski definition) is 3. The quantitative estimate of drug-likeness (QED) is 0.452. The van der Waals surface area contributed by atoms with Crippen LogP contribution in [0.3, 0.4) is 0 Å². The minimum absolute atomic E-state index is 0.00346. The van der Waals surface area contributed by atoms with E-state index in [1.165, 1.54) is 18.2 Å². The minimum atomic E-state index is -0.561. The lowest BCUT2D eigenvalue weighted by molar-refractivity contribution is 0.102. The number of anilines is 2. The predicted octanol–water partition coefficient (Wildman–Crippen LogP) is 5.78. The number of nitrogens with one attached hydrogen (secondary N) is 3. The van der Waals surface area contributed by atoms with Gasteiger partial charge in [0.25, 0.3) is 5.91 Å². The summed E-state index contributed by atoms with van der Waals surface area (Å²) in [5.74, 6) is -1.06. The van der Waals surface area contributed by atoms with E-state index in [-0.39, 0.29) is 11.6 Å². The van der Waals surface area contributed by atoms with E-state index in [0.29, 0.717) is 15.8 Å². The first-order valence-electron chi connectivity index (χ1n) is 8.91. The van der Waals surface area contributed by atoms with Crippen molar-refractivity contribution < 1.29 is 9.18 Å². The van der Waals surface area contributed by atoms with Gasteiger partial charge in [-0.1, -0.05) is 35.9 Å². The summed E-state index contributed by atoms with van der Waals surface area (Å²) in [6.07, 6.45) is 0. The van der Waals surface area contributed by atoms with Crippen LogP contribution in [0.25, 0.3) is 0 Å². The van der Waals surface area contributed by atoms with E-state index < -0.39 is 11.7 Å². The molecule has 1 atom stereocenters. The molecule has 0 aliphatic heterocycles. The van der Waals surface area contributed by atoms with Gasteiger partial charge in [-0.3, -0.25) is 4.79 Å². The molecule has 29 heavy (non-hydrogen) atoms. The largest absolute Gasteiger partial charge is 0.356 e. The molecular formula is C22H19ClFN3OS. The van der Waals surface area contributed by atoms with Crippen molar-refractivity contribution in [1.82, 2.24) is 5.32 Å². The normalized spacial score (nSPS) is 11.4. The molecule has 4 nitrogen and oxygen atoms in total. The van der Waals surface area contributed by atoms with Crippen LogP contribution in [0.5, 0.6) is 0 Å². The summed E-state index contributed by atoms with van der Waals surface area (Å²) < 4.78 is 13.7. The Hall–Kier alpha value is -2.96. The fourth-order valence-electron chi connectivity index (χ4n) is 2.68. The second-order valence-electron chi connectivity index (χ2n) is 6.38. The Balaban J connectivity index is 1.56. The number of hydrogen-bond acceptors (Lipinski definition) is 2. The van der Waals surface area contributed by atoms with Gasteiger partial charge in [-0.2, -0.15) is 0 Å². The van der Waals surface area contributed by atoms with E-state index in [0.717, 1.165) is 11.3 Å². The molecule has 3 aromatic rings. The van der Waals surface area contributed by atoms with E-state index in [4.69, 9.17) is 23.8 Å². The maximum atomic E-state index is 13.7. The Kier molecular flexibility index (Phi) is 6.80. The van der Waals surface area contributed by atoms with Crippen molar-refractivity contribution in [2.45, 2.75) is 13.0 Å². The standard InChI is InChI=1S/C22H19ClFN3OS/c1-14(15-6-8-16(23)9-7-15)25-22(29)27-18-12-10-17(11-13-18)26-21(28)19-4-2-3-5-20(19)24/h2-14H,1H3,(H,26,28)(H2,25,27,29). The summed E-state index contributed by atoms with van der Waals surface area (Å²) in [6, 6.07) is 20.4. The monoisotopic (exact) mass is 427 g/mol. The number of carbonyl (C=O) groups excluding carboxylic acids is 1. The van der Waals surface area contributed by atoms with Gasteiger partial charge in [0.2, 0.25) is 0 Å². The lowest BCUT2D eigenvalue weighted by atomic mass is 10.1. The molecule has 0 saturated heterocycles. The molecule has 3 N–H and O–H groups in total. The highest BCUT2D eigenvalue weighted by Gasteiger charge is 2.11. The molecule has 148 valence electrons. The van der Waals surface area contributed by atoms with Gasteiger partial charge >= 0.3 is 0 Å². The van der Waals surface area contributed by atoms with Gasteiger partial charge in [-0.25, -0.2) is 4.39 Å². The molecular weight excluding hydrogens is 409 g/mol. The Morgan fingerprint density at radius 3 is 2.14 bits per heavy atom. The second-order valence-corrected chi connectivity index (χ2v) is 7.23. The summed E-state index contributed by atoms with van der Waals surface area (Å²) in [7, 11) is 0. The highest BCUT2D eigenvalue weighted by atomic mass is 35.5. The summed E-state index contributed by atoms with van der Waals surface area (Å²) in [5, 5.41) is 10.1. The van der Waals surface area contributed by atoms with Gasteiger partial charge in [0, 0.05) is 16.4 Å². The number of carbonyl (C=O) groups is 1. The van der Waals surface area contributed by atoms with Gasteiger partial charge in [0.05, 0.1) is 11.6 Å². The predicted molar refractivity (Wildman–Crippen MR) is 120 cm³/mol. The van der Waals surface area contributed by atoms with Crippen LogP contribution in [0, 0.1) is 5.82 Å². The molecule has 0 fully saturated rings. The lowest BCUT2D eigenvalue weighted by Crippen LogP contribution is -2.30. The van der Waals surface area contributed by atoms with Crippen molar-refractivity contribution in [2.24, 2.45) is 0 Å². The lowest BCUT2D eigenvalue weighted by Gasteiger charge is -2.17. The van der Waals surface area contributed by atoms with Crippen molar-refractivity contribution in [3.05, 3.63) is 94.8 Å². The summed E-state index contributed by atoms with van der Waals surface area (Å²) >= 11 is 11.3. The molecule has 1 unspecified atom stereocenters.